The Hall–Kier alpha value is -1.07. The highest BCUT2D eigenvalue weighted by atomic mass is 19.2. The molecule has 0 aliphatic heterocycles. The molecule has 0 heterocycles. The third-order valence-electron chi connectivity index (χ3n) is 1.88. The third kappa shape index (κ3) is 2.24. The molecule has 0 saturated carbocycles. The second kappa shape index (κ2) is 4.43. The van der Waals surface area contributed by atoms with Crippen molar-refractivity contribution in [2.24, 2.45) is 5.73 Å². The molecular weight excluding hydrogens is 195 g/mol. The van der Waals surface area contributed by atoms with Crippen molar-refractivity contribution in [1.29, 1.82) is 0 Å². The van der Waals surface area contributed by atoms with E-state index in [1.807, 2.05) is 0 Å². The zero-order valence-corrected chi connectivity index (χ0v) is 7.30. The van der Waals surface area contributed by atoms with Crippen molar-refractivity contribution < 1.29 is 18.3 Å². The Bertz CT molecular complexity index is 330. The van der Waals surface area contributed by atoms with E-state index in [1.165, 1.54) is 0 Å². The molecule has 1 aromatic rings. The molecule has 1 atom stereocenters. The van der Waals surface area contributed by atoms with Crippen LogP contribution in [0.2, 0.25) is 0 Å². The van der Waals surface area contributed by atoms with Crippen LogP contribution in [0.1, 0.15) is 18.0 Å². The quantitative estimate of drug-likeness (QED) is 0.734. The minimum Gasteiger partial charge on any atom is -0.396 e. The molecule has 1 aromatic carbocycles. The van der Waals surface area contributed by atoms with Gasteiger partial charge in [-0.25, -0.2) is 13.2 Å². The zero-order valence-electron chi connectivity index (χ0n) is 7.30. The number of hydrogen-bond acceptors (Lipinski definition) is 2. The lowest BCUT2D eigenvalue weighted by molar-refractivity contribution is 0.275. The smallest absolute Gasteiger partial charge is 0.161 e. The van der Waals surface area contributed by atoms with Crippen LogP contribution < -0.4 is 5.73 Å². The minimum absolute atomic E-state index is 0.0992. The first-order chi connectivity index (χ1) is 6.56. The Labute approximate surface area is 79.2 Å². The molecule has 14 heavy (non-hydrogen) atoms. The summed E-state index contributed by atoms with van der Waals surface area (Å²) in [6.07, 6.45) is 0.0992. The van der Waals surface area contributed by atoms with Gasteiger partial charge in [0.15, 0.2) is 11.6 Å². The summed E-state index contributed by atoms with van der Waals surface area (Å²) in [6.45, 7) is -0.237. The fourth-order valence-electron chi connectivity index (χ4n) is 1.12. The average Bonchev–Trinajstić information content (AvgIpc) is 2.11. The van der Waals surface area contributed by atoms with E-state index in [0.29, 0.717) is 12.1 Å². The van der Waals surface area contributed by atoms with Gasteiger partial charge in [-0.1, -0.05) is 0 Å². The molecule has 0 bridgehead atoms. The molecule has 2 nitrogen and oxygen atoms in total. The number of nitrogens with two attached hydrogens (primary N) is 1. The molecule has 5 heteroatoms. The van der Waals surface area contributed by atoms with Crippen molar-refractivity contribution in [1.82, 2.24) is 0 Å². The van der Waals surface area contributed by atoms with Gasteiger partial charge in [-0.3, -0.25) is 0 Å². The molecule has 0 aliphatic carbocycles. The summed E-state index contributed by atoms with van der Waals surface area (Å²) in [5, 5.41) is 8.54. The zero-order chi connectivity index (χ0) is 10.7. The van der Waals surface area contributed by atoms with Crippen molar-refractivity contribution in [2.45, 2.75) is 12.5 Å². The Morgan fingerprint density at radius 3 is 2.29 bits per heavy atom. The fourth-order valence-corrected chi connectivity index (χ4v) is 1.12. The van der Waals surface area contributed by atoms with Gasteiger partial charge in [-0.05, 0) is 12.5 Å². The summed E-state index contributed by atoms with van der Waals surface area (Å²) in [7, 11) is 0. The molecule has 78 valence electrons. The maximum Gasteiger partial charge on any atom is 0.161 e. The van der Waals surface area contributed by atoms with Gasteiger partial charge >= 0.3 is 0 Å². The van der Waals surface area contributed by atoms with Crippen LogP contribution in [0.15, 0.2) is 12.1 Å². The molecule has 0 spiro atoms. The highest BCUT2D eigenvalue weighted by molar-refractivity contribution is 5.23. The Morgan fingerprint density at radius 1 is 1.14 bits per heavy atom. The molecule has 0 aliphatic rings. The van der Waals surface area contributed by atoms with Crippen LogP contribution in [0.4, 0.5) is 13.2 Å². The maximum absolute atomic E-state index is 13.0. The van der Waals surface area contributed by atoms with Gasteiger partial charge in [-0.15, -0.1) is 0 Å². The molecule has 1 rings (SSSR count). The van der Waals surface area contributed by atoms with Gasteiger partial charge in [0.2, 0.25) is 0 Å². The van der Waals surface area contributed by atoms with Crippen LogP contribution in [0.3, 0.4) is 0 Å². The van der Waals surface area contributed by atoms with E-state index in [0.717, 1.165) is 0 Å². The van der Waals surface area contributed by atoms with Crippen LogP contribution in [0, 0.1) is 17.5 Å². The monoisotopic (exact) mass is 205 g/mol. The Balaban J connectivity index is 3.02. The fraction of sp³-hybridized carbons (Fsp3) is 0.333. The highest BCUT2D eigenvalue weighted by Crippen LogP contribution is 2.20. The summed E-state index contributed by atoms with van der Waals surface area (Å²) in [6, 6.07) is 0.336. The van der Waals surface area contributed by atoms with Crippen LogP contribution >= 0.6 is 0 Å². The summed E-state index contributed by atoms with van der Waals surface area (Å²) in [5.41, 5.74) is 5.31. The van der Waals surface area contributed by atoms with Crippen LogP contribution in [-0.4, -0.2) is 11.7 Å². The van der Waals surface area contributed by atoms with E-state index in [2.05, 4.69) is 0 Å². The van der Waals surface area contributed by atoms with Crippen LogP contribution in [0.25, 0.3) is 0 Å². The summed E-state index contributed by atoms with van der Waals surface area (Å²) in [4.78, 5) is 0. The predicted octanol–water partition coefficient (Wildman–Crippen LogP) is 1.49. The first kappa shape index (κ1) is 11.0. The van der Waals surface area contributed by atoms with Crippen molar-refractivity contribution >= 4 is 0 Å². The normalized spacial score (nSPS) is 12.9. The molecule has 3 N–H and O–H groups in total. The van der Waals surface area contributed by atoms with Gasteiger partial charge in [0, 0.05) is 24.3 Å². The lowest BCUT2D eigenvalue weighted by Crippen LogP contribution is -2.14. The third-order valence-corrected chi connectivity index (χ3v) is 1.88. The van der Waals surface area contributed by atoms with E-state index in [4.69, 9.17) is 10.8 Å². The molecule has 0 fully saturated rings. The van der Waals surface area contributed by atoms with Gasteiger partial charge in [0.05, 0.1) is 0 Å². The predicted molar refractivity (Wildman–Crippen MR) is 44.9 cm³/mol. The second-order valence-corrected chi connectivity index (χ2v) is 2.91. The van der Waals surface area contributed by atoms with Gasteiger partial charge in [0.1, 0.15) is 5.82 Å². The minimum atomic E-state index is -1.25. The number of aliphatic hydroxyl groups is 1. The van der Waals surface area contributed by atoms with Crippen LogP contribution in [0.5, 0.6) is 0 Å². The molecule has 0 saturated heterocycles. The SMILES string of the molecule is N[C@H](CCO)c1cc(F)c(F)cc1F. The van der Waals surface area contributed by atoms with E-state index < -0.39 is 23.5 Å². The van der Waals surface area contributed by atoms with Crippen molar-refractivity contribution in [2.75, 3.05) is 6.61 Å². The molecular formula is C9H10F3NO. The van der Waals surface area contributed by atoms with E-state index in [1.54, 1.807) is 0 Å². The number of rotatable bonds is 3. The lowest BCUT2D eigenvalue weighted by Gasteiger charge is -2.11. The van der Waals surface area contributed by atoms with Crippen LogP contribution in [-0.2, 0) is 0 Å². The summed E-state index contributed by atoms with van der Waals surface area (Å²) < 4.78 is 38.2. The van der Waals surface area contributed by atoms with Gasteiger partial charge < -0.3 is 10.8 Å². The standard InChI is InChI=1S/C9H10F3NO/c10-6-4-8(12)7(11)3-5(6)9(13)1-2-14/h3-4,9,14H,1-2,13H2/t9-/m1/s1. The van der Waals surface area contributed by atoms with E-state index in [-0.39, 0.29) is 18.6 Å². The topological polar surface area (TPSA) is 46.2 Å². The first-order valence-electron chi connectivity index (χ1n) is 4.07. The van der Waals surface area contributed by atoms with Crippen molar-refractivity contribution in [3.8, 4) is 0 Å². The molecule has 0 radical (unpaired) electrons. The number of benzene rings is 1. The number of halogens is 3. The second-order valence-electron chi connectivity index (χ2n) is 2.91. The molecule has 0 unspecified atom stereocenters. The maximum atomic E-state index is 13.0. The van der Waals surface area contributed by atoms with Crippen molar-refractivity contribution in [3.05, 3.63) is 35.1 Å². The average molecular weight is 205 g/mol. The van der Waals surface area contributed by atoms with E-state index in [9.17, 15) is 13.2 Å². The number of aliphatic hydroxyl groups excluding tert-OH is 1. The lowest BCUT2D eigenvalue weighted by atomic mass is 10.0. The van der Waals surface area contributed by atoms with E-state index >= 15 is 0 Å². The summed E-state index contributed by atoms with van der Waals surface area (Å²) >= 11 is 0. The Kier molecular flexibility index (Phi) is 3.49. The highest BCUT2D eigenvalue weighted by Gasteiger charge is 2.15. The van der Waals surface area contributed by atoms with Gasteiger partial charge in [0.25, 0.3) is 0 Å². The first-order valence-corrected chi connectivity index (χ1v) is 4.07. The molecule has 0 amide bonds. The largest absolute Gasteiger partial charge is 0.396 e. The molecule has 0 aromatic heterocycles. The number of hydrogen-bond donors (Lipinski definition) is 2. The van der Waals surface area contributed by atoms with Gasteiger partial charge in [-0.2, -0.15) is 0 Å². The van der Waals surface area contributed by atoms with Crippen molar-refractivity contribution in [3.63, 3.8) is 0 Å². The summed E-state index contributed by atoms with van der Waals surface area (Å²) in [5.74, 6) is -3.29. The Morgan fingerprint density at radius 2 is 1.71 bits per heavy atom.